The van der Waals surface area contributed by atoms with Crippen molar-refractivity contribution in [3.05, 3.63) is 83.6 Å². The van der Waals surface area contributed by atoms with E-state index in [9.17, 15) is 15.0 Å². The molecule has 5 rings (SSSR count). The third-order valence-electron chi connectivity index (χ3n) is 5.52. The smallest absolute Gasteiger partial charge is 0.235 e. The number of phenolic OH excluding ortho intramolecular Hbond substituents is 2. The number of aromatic hydroxyl groups is 2. The first kappa shape index (κ1) is 19.0. The second kappa shape index (κ2) is 7.36. The van der Waals surface area contributed by atoms with Crippen molar-refractivity contribution in [2.24, 2.45) is 0 Å². The molecule has 31 heavy (non-hydrogen) atoms. The summed E-state index contributed by atoms with van der Waals surface area (Å²) in [5.74, 6) is -0.575. The molecular weight excluding hydrogens is 390 g/mol. The summed E-state index contributed by atoms with van der Waals surface area (Å²) in [6.45, 7) is 2.97. The molecule has 0 saturated heterocycles. The number of phenols is 2. The lowest BCUT2D eigenvalue weighted by atomic mass is 10.0. The maximum absolute atomic E-state index is 13.0. The first-order chi connectivity index (χ1) is 15.1. The van der Waals surface area contributed by atoms with Crippen molar-refractivity contribution in [3.8, 4) is 28.5 Å². The minimum absolute atomic E-state index is 0.0719. The van der Waals surface area contributed by atoms with Gasteiger partial charge in [0.25, 0.3) is 0 Å². The molecule has 5 nitrogen and oxygen atoms in total. The van der Waals surface area contributed by atoms with Crippen molar-refractivity contribution in [3.63, 3.8) is 0 Å². The SMILES string of the molecule is CCCn1c(-c2ccccc2)c(C=C2Oc3cc(O)cc(O)c3C2=O)c2ccccc21. The number of nitrogens with zero attached hydrogens (tertiary/aromatic N) is 1. The van der Waals surface area contributed by atoms with Gasteiger partial charge < -0.3 is 19.5 Å². The Labute approximate surface area is 179 Å². The molecule has 1 aliphatic rings. The van der Waals surface area contributed by atoms with Crippen molar-refractivity contribution in [1.29, 1.82) is 0 Å². The number of Topliss-reactive ketones (excluding diaryl/α,β-unsaturated/α-hetero) is 1. The quantitative estimate of drug-likeness (QED) is 0.420. The number of benzene rings is 3. The van der Waals surface area contributed by atoms with Gasteiger partial charge in [-0.3, -0.25) is 4.79 Å². The first-order valence-electron chi connectivity index (χ1n) is 10.3. The van der Waals surface area contributed by atoms with E-state index in [4.69, 9.17) is 4.74 Å². The second-order valence-electron chi connectivity index (χ2n) is 7.57. The van der Waals surface area contributed by atoms with Crippen LogP contribution in [0.3, 0.4) is 0 Å². The summed E-state index contributed by atoms with van der Waals surface area (Å²) in [7, 11) is 0. The van der Waals surface area contributed by atoms with Crippen LogP contribution in [0.5, 0.6) is 17.2 Å². The monoisotopic (exact) mass is 411 g/mol. The summed E-state index contributed by atoms with van der Waals surface area (Å²) in [6.07, 6.45) is 2.71. The standard InChI is InChI=1S/C26H21NO4/c1-2-12-27-20-11-7-6-10-18(20)19(25(27)16-8-4-3-5-9-16)15-23-26(30)24-21(29)13-17(28)14-22(24)31-23/h3-11,13-15,28-29H,2,12H2,1H3. The highest BCUT2D eigenvalue weighted by Gasteiger charge is 2.32. The second-order valence-corrected chi connectivity index (χ2v) is 7.57. The molecule has 0 amide bonds. The molecule has 0 unspecified atom stereocenters. The number of carbonyl (C=O) groups is 1. The Hall–Kier alpha value is -3.99. The van der Waals surface area contributed by atoms with E-state index >= 15 is 0 Å². The summed E-state index contributed by atoms with van der Waals surface area (Å²) in [6, 6.07) is 20.7. The zero-order chi connectivity index (χ0) is 21.5. The van der Waals surface area contributed by atoms with Gasteiger partial charge in [-0.25, -0.2) is 0 Å². The lowest BCUT2D eigenvalue weighted by Gasteiger charge is -2.11. The van der Waals surface area contributed by atoms with E-state index in [1.54, 1.807) is 6.08 Å². The Morgan fingerprint density at radius 2 is 1.74 bits per heavy atom. The fourth-order valence-corrected chi connectivity index (χ4v) is 4.25. The van der Waals surface area contributed by atoms with E-state index in [0.29, 0.717) is 0 Å². The zero-order valence-electron chi connectivity index (χ0n) is 17.0. The van der Waals surface area contributed by atoms with Crippen molar-refractivity contribution in [2.45, 2.75) is 19.9 Å². The van der Waals surface area contributed by atoms with E-state index in [2.05, 4.69) is 29.7 Å². The van der Waals surface area contributed by atoms with E-state index in [1.807, 2.05) is 36.4 Å². The highest BCUT2D eigenvalue weighted by molar-refractivity contribution is 6.17. The lowest BCUT2D eigenvalue weighted by Crippen LogP contribution is -2.01. The van der Waals surface area contributed by atoms with Crippen LogP contribution < -0.4 is 4.74 Å². The van der Waals surface area contributed by atoms with E-state index in [0.717, 1.165) is 46.8 Å². The summed E-state index contributed by atoms with van der Waals surface area (Å²) >= 11 is 0. The van der Waals surface area contributed by atoms with E-state index in [-0.39, 0.29) is 28.6 Å². The Kier molecular flexibility index (Phi) is 4.51. The molecule has 0 aliphatic carbocycles. The number of allylic oxidation sites excluding steroid dienone is 1. The molecular formula is C26H21NO4. The lowest BCUT2D eigenvalue weighted by molar-refractivity contribution is 0.101. The number of carbonyl (C=O) groups excluding carboxylic acids is 1. The van der Waals surface area contributed by atoms with Crippen LogP contribution in [0.4, 0.5) is 0 Å². The maximum atomic E-state index is 13.0. The Balaban J connectivity index is 1.76. The van der Waals surface area contributed by atoms with E-state index < -0.39 is 5.78 Å². The van der Waals surface area contributed by atoms with Gasteiger partial charge in [-0.05, 0) is 24.1 Å². The zero-order valence-corrected chi connectivity index (χ0v) is 17.0. The van der Waals surface area contributed by atoms with Crippen LogP contribution in [0.25, 0.3) is 28.2 Å². The molecule has 0 fully saturated rings. The average molecular weight is 411 g/mol. The predicted octanol–water partition coefficient (Wildman–Crippen LogP) is 5.75. The molecule has 0 atom stereocenters. The molecule has 2 heterocycles. The molecule has 0 radical (unpaired) electrons. The van der Waals surface area contributed by atoms with E-state index in [1.165, 1.54) is 6.07 Å². The fourth-order valence-electron chi connectivity index (χ4n) is 4.25. The number of fused-ring (bicyclic) bond motifs is 2. The minimum Gasteiger partial charge on any atom is -0.508 e. The van der Waals surface area contributed by atoms with Crippen LogP contribution in [0.2, 0.25) is 0 Å². The van der Waals surface area contributed by atoms with Gasteiger partial charge in [0.2, 0.25) is 5.78 Å². The number of ketones is 1. The number of hydrogen-bond acceptors (Lipinski definition) is 4. The number of rotatable bonds is 4. The third-order valence-corrected chi connectivity index (χ3v) is 5.52. The van der Waals surface area contributed by atoms with Crippen molar-refractivity contribution >= 4 is 22.8 Å². The number of para-hydroxylation sites is 1. The third kappa shape index (κ3) is 3.06. The highest BCUT2D eigenvalue weighted by atomic mass is 16.5. The molecule has 1 aromatic heterocycles. The average Bonchev–Trinajstić information content (AvgIpc) is 3.24. The van der Waals surface area contributed by atoms with Crippen LogP contribution >= 0.6 is 0 Å². The molecule has 0 bridgehead atoms. The summed E-state index contributed by atoms with van der Waals surface area (Å²) < 4.78 is 8.05. The van der Waals surface area contributed by atoms with Gasteiger partial charge in [-0.2, -0.15) is 0 Å². The molecule has 2 N–H and O–H groups in total. The minimum atomic E-state index is -0.404. The van der Waals surface area contributed by atoms with Gasteiger partial charge in [0.1, 0.15) is 22.8 Å². The maximum Gasteiger partial charge on any atom is 0.235 e. The van der Waals surface area contributed by atoms with Crippen LogP contribution in [0.15, 0.2) is 72.5 Å². The number of ether oxygens (including phenoxy) is 1. The predicted molar refractivity (Wildman–Crippen MR) is 120 cm³/mol. The van der Waals surface area contributed by atoms with Gasteiger partial charge in [-0.15, -0.1) is 0 Å². The molecule has 0 saturated carbocycles. The Morgan fingerprint density at radius 3 is 2.52 bits per heavy atom. The first-order valence-corrected chi connectivity index (χ1v) is 10.3. The van der Waals surface area contributed by atoms with Gasteiger partial charge >= 0.3 is 0 Å². The van der Waals surface area contributed by atoms with Crippen molar-refractivity contribution in [2.75, 3.05) is 0 Å². The Morgan fingerprint density at radius 1 is 1.00 bits per heavy atom. The topological polar surface area (TPSA) is 71.7 Å². The molecule has 154 valence electrons. The van der Waals surface area contributed by atoms with Gasteiger partial charge in [0.05, 0.1) is 5.69 Å². The van der Waals surface area contributed by atoms with Crippen molar-refractivity contribution < 1.29 is 19.7 Å². The van der Waals surface area contributed by atoms with Crippen LogP contribution in [0, 0.1) is 0 Å². The summed E-state index contributed by atoms with van der Waals surface area (Å²) in [5, 5.41) is 20.9. The molecule has 3 aromatic carbocycles. The Bertz CT molecular complexity index is 1350. The van der Waals surface area contributed by atoms with Gasteiger partial charge in [-0.1, -0.05) is 55.5 Å². The fraction of sp³-hybridized carbons (Fsp3) is 0.115. The van der Waals surface area contributed by atoms with Gasteiger partial charge in [0.15, 0.2) is 5.76 Å². The van der Waals surface area contributed by atoms with Crippen LogP contribution in [-0.4, -0.2) is 20.6 Å². The van der Waals surface area contributed by atoms with Crippen molar-refractivity contribution in [1.82, 2.24) is 4.57 Å². The van der Waals surface area contributed by atoms with Crippen LogP contribution in [0.1, 0.15) is 29.3 Å². The summed E-state index contributed by atoms with van der Waals surface area (Å²) in [5.41, 5.74) is 4.09. The molecule has 4 aromatic rings. The van der Waals surface area contributed by atoms with Crippen LogP contribution in [-0.2, 0) is 6.54 Å². The highest BCUT2D eigenvalue weighted by Crippen LogP contribution is 2.42. The van der Waals surface area contributed by atoms with Gasteiger partial charge in [0, 0.05) is 35.1 Å². The molecule has 1 aliphatic heterocycles. The molecule has 0 spiro atoms. The summed E-state index contributed by atoms with van der Waals surface area (Å²) in [4.78, 5) is 13.0. The normalized spacial score (nSPS) is 14.2. The largest absolute Gasteiger partial charge is 0.508 e. The molecule has 5 heteroatoms. The number of aromatic nitrogens is 1. The number of hydrogen-bond donors (Lipinski definition) is 2. The number of aryl methyl sites for hydroxylation is 1.